The lowest BCUT2D eigenvalue weighted by atomic mass is 9.91. The number of amides is 1. The van der Waals surface area contributed by atoms with Crippen LogP contribution in [0.25, 0.3) is 0 Å². The monoisotopic (exact) mass is 277 g/mol. The third kappa shape index (κ3) is 2.42. The number of nitrogens with zero attached hydrogens (tertiary/aromatic N) is 1. The Morgan fingerprint density at radius 1 is 1.05 bits per heavy atom. The number of ether oxygens (including phenoxy) is 1. The van der Waals surface area contributed by atoms with Gasteiger partial charge in [0.15, 0.2) is 0 Å². The van der Waals surface area contributed by atoms with Gasteiger partial charge in [0, 0.05) is 5.69 Å². The zero-order valence-electron chi connectivity index (χ0n) is 12.1. The molecule has 1 atom stereocenters. The van der Waals surface area contributed by atoms with Crippen LogP contribution in [0.15, 0.2) is 54.6 Å². The Hall–Kier alpha value is -2.23. The molecule has 2 aromatic rings. The van der Waals surface area contributed by atoms with Crippen LogP contribution in [0.5, 0.6) is 0 Å². The summed E-state index contributed by atoms with van der Waals surface area (Å²) in [5, 5.41) is 0. The molecule has 21 heavy (non-hydrogen) atoms. The zero-order valence-corrected chi connectivity index (χ0v) is 12.1. The molecule has 0 aliphatic carbocycles. The molecule has 1 amide bonds. The molecule has 1 saturated heterocycles. The fraction of sp³-hybridized carbons (Fsp3) is 0.235. The molecule has 0 saturated carbocycles. The van der Waals surface area contributed by atoms with Crippen molar-refractivity contribution in [2.75, 3.05) is 4.90 Å². The van der Waals surface area contributed by atoms with Crippen LogP contribution in [0.4, 0.5) is 10.5 Å². The van der Waals surface area contributed by atoms with Crippen molar-refractivity contribution < 1.29 is 9.53 Å². The van der Waals surface area contributed by atoms with Crippen LogP contribution in [0.1, 0.15) is 25.5 Å². The fourth-order valence-corrected chi connectivity index (χ4v) is 2.82. The van der Waals surface area contributed by atoms with Crippen molar-refractivity contribution in [2.24, 2.45) is 0 Å². The molecule has 4 heteroatoms. The average molecular weight is 277 g/mol. The summed E-state index contributed by atoms with van der Waals surface area (Å²) in [4.78, 5) is 14.0. The van der Waals surface area contributed by atoms with Gasteiger partial charge in [0.25, 0.3) is 0 Å². The van der Waals surface area contributed by atoms with E-state index in [0.717, 1.165) is 11.3 Å². The van der Waals surface area contributed by atoms with Crippen molar-refractivity contribution in [3.8, 4) is 0 Å². The van der Waals surface area contributed by atoms with Crippen molar-refractivity contribution in [3.05, 3.63) is 60.2 Å². The molecule has 0 unspecified atom stereocenters. The van der Waals surface area contributed by atoms with Crippen LogP contribution in [-0.2, 0) is 4.74 Å². The van der Waals surface area contributed by atoms with Crippen molar-refractivity contribution in [1.82, 2.24) is 0 Å². The van der Waals surface area contributed by atoms with E-state index in [1.54, 1.807) is 17.0 Å². The molecule has 1 heterocycles. The third-order valence-corrected chi connectivity index (χ3v) is 3.75. The Morgan fingerprint density at radius 2 is 1.67 bits per heavy atom. The molecule has 2 aromatic carbocycles. The van der Waals surface area contributed by atoms with E-state index in [-0.39, 0.29) is 12.1 Å². The number of carbonyl (C=O) groups excluding carboxylic acids is 1. The molecule has 0 aromatic heterocycles. The highest BCUT2D eigenvalue weighted by Gasteiger charge is 2.49. The molecule has 3 rings (SSSR count). The van der Waals surface area contributed by atoms with E-state index < -0.39 is 5.60 Å². The first-order chi connectivity index (χ1) is 9.99. The van der Waals surface area contributed by atoms with Gasteiger partial charge in [-0.1, -0.05) is 47.9 Å². The molecule has 104 valence electrons. The number of hydrogen-bond acceptors (Lipinski definition) is 2. The van der Waals surface area contributed by atoms with E-state index in [2.05, 4.69) is 0 Å². The van der Waals surface area contributed by atoms with Crippen LogP contribution in [0.3, 0.4) is 0 Å². The minimum Gasteiger partial charge on any atom is -0.441 e. The van der Waals surface area contributed by atoms with Gasteiger partial charge in [-0.05, 0) is 31.5 Å². The zero-order chi connectivity index (χ0) is 15.0. The molecule has 1 aliphatic rings. The molecule has 0 N–H and O–H groups in total. The highest BCUT2D eigenvalue weighted by atomic mass is 16.6. The Morgan fingerprint density at radius 3 is 2.29 bits per heavy atom. The van der Waals surface area contributed by atoms with E-state index in [1.165, 1.54) is 0 Å². The minimum atomic E-state index is -0.597. The van der Waals surface area contributed by atoms with Gasteiger partial charge in [-0.2, -0.15) is 0 Å². The average Bonchev–Trinajstić information content (AvgIpc) is 2.70. The first kappa shape index (κ1) is 13.7. The van der Waals surface area contributed by atoms with Gasteiger partial charge >= 0.3 is 6.09 Å². The van der Waals surface area contributed by atoms with Crippen molar-refractivity contribution >= 4 is 25.1 Å². The van der Waals surface area contributed by atoms with Crippen LogP contribution in [-0.4, -0.2) is 19.5 Å². The summed E-state index contributed by atoms with van der Waals surface area (Å²) in [6, 6.07) is 17.0. The van der Waals surface area contributed by atoms with Gasteiger partial charge in [-0.25, -0.2) is 4.79 Å². The second-order valence-electron chi connectivity index (χ2n) is 5.75. The molecule has 1 fully saturated rings. The van der Waals surface area contributed by atoms with Crippen LogP contribution >= 0.6 is 0 Å². The Balaban J connectivity index is 2.08. The Labute approximate surface area is 125 Å². The van der Waals surface area contributed by atoms with Crippen LogP contribution in [0, 0.1) is 0 Å². The van der Waals surface area contributed by atoms with Gasteiger partial charge in [0.1, 0.15) is 19.5 Å². The van der Waals surface area contributed by atoms with Gasteiger partial charge in [0.2, 0.25) is 0 Å². The number of benzene rings is 2. The maximum Gasteiger partial charge on any atom is 0.415 e. The van der Waals surface area contributed by atoms with Crippen molar-refractivity contribution in [1.29, 1.82) is 0 Å². The van der Waals surface area contributed by atoms with Gasteiger partial charge in [-0.3, -0.25) is 4.90 Å². The predicted molar refractivity (Wildman–Crippen MR) is 84.1 cm³/mol. The summed E-state index contributed by atoms with van der Waals surface area (Å²) in [7, 11) is 5.72. The maximum absolute atomic E-state index is 12.3. The van der Waals surface area contributed by atoms with E-state index >= 15 is 0 Å². The second-order valence-corrected chi connectivity index (χ2v) is 5.75. The van der Waals surface area contributed by atoms with Crippen molar-refractivity contribution in [3.63, 3.8) is 0 Å². The highest BCUT2D eigenvalue weighted by Crippen LogP contribution is 2.43. The van der Waals surface area contributed by atoms with Crippen LogP contribution < -0.4 is 10.4 Å². The lowest BCUT2D eigenvalue weighted by molar-refractivity contribution is 0.0685. The quantitative estimate of drug-likeness (QED) is 0.790. The lowest BCUT2D eigenvalue weighted by Crippen LogP contribution is -2.33. The summed E-state index contributed by atoms with van der Waals surface area (Å²) in [6.45, 7) is 3.86. The lowest BCUT2D eigenvalue weighted by Gasteiger charge is -2.29. The number of rotatable bonds is 2. The van der Waals surface area contributed by atoms with Crippen LogP contribution in [0.2, 0.25) is 0 Å². The second kappa shape index (κ2) is 4.95. The summed E-state index contributed by atoms with van der Waals surface area (Å²) >= 11 is 0. The molecular formula is C17H16BNO2. The van der Waals surface area contributed by atoms with Gasteiger partial charge < -0.3 is 4.74 Å². The van der Waals surface area contributed by atoms with E-state index in [1.807, 2.05) is 56.3 Å². The summed E-state index contributed by atoms with van der Waals surface area (Å²) in [5.41, 5.74) is 1.90. The summed E-state index contributed by atoms with van der Waals surface area (Å²) in [6.07, 6.45) is -0.335. The third-order valence-electron chi connectivity index (χ3n) is 3.75. The standard InChI is InChI=1S/C17H16BNO2/c1-17(2)15(12-6-4-3-5-7-12)19(16(20)21-17)14-10-8-13(18)9-11-14/h3-11,15H,1-2H3/t15-/m0/s1. The summed E-state index contributed by atoms with van der Waals surface area (Å²) in [5.74, 6) is 0. The van der Waals surface area contributed by atoms with E-state index in [9.17, 15) is 4.79 Å². The molecular weight excluding hydrogens is 261 g/mol. The molecule has 2 radical (unpaired) electrons. The number of anilines is 1. The predicted octanol–water partition coefficient (Wildman–Crippen LogP) is 2.96. The Bertz CT molecular complexity index is 652. The molecule has 3 nitrogen and oxygen atoms in total. The van der Waals surface area contributed by atoms with E-state index in [4.69, 9.17) is 12.6 Å². The normalized spacial score (nSPS) is 20.4. The van der Waals surface area contributed by atoms with Gasteiger partial charge in [0.05, 0.1) is 0 Å². The Kier molecular flexibility index (Phi) is 3.24. The number of cyclic esters (lactones) is 1. The molecule has 0 bridgehead atoms. The largest absolute Gasteiger partial charge is 0.441 e. The summed E-state index contributed by atoms with van der Waals surface area (Å²) < 4.78 is 5.57. The first-order valence-corrected chi connectivity index (χ1v) is 6.92. The van der Waals surface area contributed by atoms with E-state index in [0.29, 0.717) is 5.46 Å². The number of hydrogen-bond donors (Lipinski definition) is 0. The smallest absolute Gasteiger partial charge is 0.415 e. The van der Waals surface area contributed by atoms with Gasteiger partial charge in [-0.15, -0.1) is 0 Å². The minimum absolute atomic E-state index is 0.171. The maximum atomic E-state index is 12.3. The topological polar surface area (TPSA) is 29.5 Å². The first-order valence-electron chi connectivity index (χ1n) is 6.92. The fourth-order valence-electron chi connectivity index (χ4n) is 2.82. The molecule has 1 aliphatic heterocycles. The van der Waals surface area contributed by atoms with Crippen molar-refractivity contribution in [2.45, 2.75) is 25.5 Å². The highest BCUT2D eigenvalue weighted by molar-refractivity contribution is 6.32. The number of carbonyl (C=O) groups is 1. The molecule has 0 spiro atoms. The SMILES string of the molecule is [B]c1ccc(N2C(=O)OC(C)(C)[C@@H]2c2ccccc2)cc1.